The van der Waals surface area contributed by atoms with E-state index in [0.717, 1.165) is 40.7 Å². The minimum Gasteiger partial charge on any atom is -0.497 e. The van der Waals surface area contributed by atoms with Gasteiger partial charge in [0.05, 0.1) is 76.4 Å². The molecule has 0 unspecified atom stereocenters. The number of nitrogens with zero attached hydrogens (tertiary/aromatic N) is 8. The molecule has 6 heterocycles. The van der Waals surface area contributed by atoms with Crippen molar-refractivity contribution >= 4 is 28.4 Å². The molecular formula is C64H65F5N8O7. The van der Waals surface area contributed by atoms with Gasteiger partial charge in [0.25, 0.3) is 0 Å². The first-order valence-corrected chi connectivity index (χ1v) is 27.9. The molecule has 15 nitrogen and oxygen atoms in total. The zero-order chi connectivity index (χ0) is 58.6. The number of fused-ring (bicyclic) bond motifs is 1. The molecule has 2 saturated heterocycles. The third-order valence-electron chi connectivity index (χ3n) is 16.0. The molecule has 0 amide bonds. The summed E-state index contributed by atoms with van der Waals surface area (Å²) in [5.74, 6) is 0.00707. The van der Waals surface area contributed by atoms with Crippen LogP contribution in [0.3, 0.4) is 0 Å². The van der Waals surface area contributed by atoms with Gasteiger partial charge in [-0.3, -0.25) is 4.90 Å². The predicted molar refractivity (Wildman–Crippen MR) is 309 cm³/mol. The molecule has 8 aromatic rings. The standard InChI is InChI=1S/C64H65F5N8O7/c1-39-32-52(74(33-41-9-19-47(78-3)20-10-41)34-42-11-21-48(79-4)22-12-42)71-58(55(39)64(67,68)69)53-56(65)59-54-60(57(53)66)83-31-29-76(62(54)73-63(72-59)84-38-46-18-17-45-37-82-30-28-77(45)46)40(2)51-8-7-27-70-61(51)75(35-43-13-23-49(80-5)24-14-43)36-44-15-25-50(81-6)26-16-44/h7-16,19-27,32,40,45-46H,17-18,28-31,33-38H2,1-6H3/t40-,45+,46+/m1/s1. The molecule has 5 aromatic carbocycles. The summed E-state index contributed by atoms with van der Waals surface area (Å²) in [4.78, 5) is 27.3. The maximum atomic E-state index is 18.5. The van der Waals surface area contributed by atoms with Crippen LogP contribution < -0.4 is 43.1 Å². The maximum absolute atomic E-state index is 18.5. The van der Waals surface area contributed by atoms with Gasteiger partial charge in [-0.15, -0.1) is 0 Å². The highest BCUT2D eigenvalue weighted by molar-refractivity contribution is 6.00. The number of hydrogen-bond donors (Lipinski definition) is 0. The average Bonchev–Trinajstić information content (AvgIpc) is 1.90. The van der Waals surface area contributed by atoms with Gasteiger partial charge in [0, 0.05) is 56.6 Å². The zero-order valence-corrected chi connectivity index (χ0v) is 47.6. The van der Waals surface area contributed by atoms with E-state index < -0.39 is 51.9 Å². The largest absolute Gasteiger partial charge is 0.497 e. The highest BCUT2D eigenvalue weighted by Crippen LogP contribution is 2.49. The highest BCUT2D eigenvalue weighted by atomic mass is 19.4. The molecule has 3 aliphatic rings. The van der Waals surface area contributed by atoms with Gasteiger partial charge in [-0.05, 0) is 115 Å². The van der Waals surface area contributed by atoms with Gasteiger partial charge >= 0.3 is 12.2 Å². The van der Waals surface area contributed by atoms with Crippen molar-refractivity contribution in [3.05, 3.63) is 172 Å². The van der Waals surface area contributed by atoms with Crippen molar-refractivity contribution in [2.24, 2.45) is 0 Å². The van der Waals surface area contributed by atoms with E-state index >= 15 is 22.0 Å². The summed E-state index contributed by atoms with van der Waals surface area (Å²) < 4.78 is 124. The molecule has 11 rings (SSSR count). The molecule has 84 heavy (non-hydrogen) atoms. The second-order valence-corrected chi connectivity index (χ2v) is 21.2. The third-order valence-corrected chi connectivity index (χ3v) is 16.0. The van der Waals surface area contributed by atoms with Crippen LogP contribution in [-0.2, 0) is 37.1 Å². The summed E-state index contributed by atoms with van der Waals surface area (Å²) >= 11 is 0. The molecule has 0 saturated carbocycles. The normalized spacial score (nSPS) is 16.3. The number of anilines is 3. The fourth-order valence-corrected chi connectivity index (χ4v) is 11.6. The molecule has 0 spiro atoms. The zero-order valence-electron chi connectivity index (χ0n) is 47.6. The summed E-state index contributed by atoms with van der Waals surface area (Å²) in [6.45, 7) is 6.15. The van der Waals surface area contributed by atoms with Gasteiger partial charge in [-0.1, -0.05) is 54.6 Å². The molecule has 0 N–H and O–H groups in total. The van der Waals surface area contributed by atoms with Crippen LogP contribution in [0.5, 0.6) is 34.8 Å². The van der Waals surface area contributed by atoms with Gasteiger partial charge in [-0.25, -0.2) is 18.7 Å². The molecule has 438 valence electrons. The van der Waals surface area contributed by atoms with Crippen molar-refractivity contribution in [3.8, 4) is 46.0 Å². The Morgan fingerprint density at radius 1 is 0.679 bits per heavy atom. The number of pyridine rings is 2. The van der Waals surface area contributed by atoms with Gasteiger partial charge in [0.2, 0.25) is 0 Å². The number of methoxy groups -OCH3 is 4. The van der Waals surface area contributed by atoms with Crippen molar-refractivity contribution < 1.29 is 55.1 Å². The number of aromatic nitrogens is 4. The molecule has 3 aromatic heterocycles. The minimum absolute atomic E-state index is 0.0264. The van der Waals surface area contributed by atoms with Crippen molar-refractivity contribution in [1.29, 1.82) is 0 Å². The summed E-state index contributed by atoms with van der Waals surface area (Å²) in [7, 11) is 6.32. The van der Waals surface area contributed by atoms with Crippen molar-refractivity contribution in [2.45, 2.75) is 77.2 Å². The van der Waals surface area contributed by atoms with E-state index in [1.54, 1.807) is 63.8 Å². The van der Waals surface area contributed by atoms with Gasteiger partial charge in [0.15, 0.2) is 17.4 Å². The number of aryl methyl sites for hydroxylation is 1. The Labute approximate surface area is 484 Å². The van der Waals surface area contributed by atoms with E-state index in [-0.39, 0.29) is 73.5 Å². The van der Waals surface area contributed by atoms with Crippen LogP contribution in [0.2, 0.25) is 0 Å². The second-order valence-electron chi connectivity index (χ2n) is 21.2. The molecule has 0 bridgehead atoms. The van der Waals surface area contributed by atoms with E-state index in [4.69, 9.17) is 43.1 Å². The second kappa shape index (κ2) is 24.8. The van der Waals surface area contributed by atoms with Crippen LogP contribution in [0.4, 0.5) is 39.4 Å². The van der Waals surface area contributed by atoms with Crippen LogP contribution >= 0.6 is 0 Å². The van der Waals surface area contributed by atoms with Crippen LogP contribution in [0.15, 0.2) is 121 Å². The van der Waals surface area contributed by atoms with Crippen LogP contribution in [0, 0.1) is 18.6 Å². The quantitative estimate of drug-likeness (QED) is 0.0671. The van der Waals surface area contributed by atoms with Crippen molar-refractivity contribution in [3.63, 3.8) is 0 Å². The Bertz CT molecular complexity index is 3500. The summed E-state index contributed by atoms with van der Waals surface area (Å²) in [5.41, 5.74) is 0.0432. The highest BCUT2D eigenvalue weighted by Gasteiger charge is 2.42. The number of halogens is 5. The number of hydrogen-bond acceptors (Lipinski definition) is 15. The predicted octanol–water partition coefficient (Wildman–Crippen LogP) is 12.3. The first-order chi connectivity index (χ1) is 40.7. The summed E-state index contributed by atoms with van der Waals surface area (Å²) in [5, 5.41) is -0.180. The Kier molecular flexibility index (Phi) is 16.9. The Morgan fingerprint density at radius 2 is 1.24 bits per heavy atom. The van der Waals surface area contributed by atoms with Crippen LogP contribution in [-0.4, -0.2) is 105 Å². The number of benzene rings is 5. The van der Waals surface area contributed by atoms with E-state index in [1.165, 1.54) is 13.0 Å². The van der Waals surface area contributed by atoms with E-state index in [9.17, 15) is 0 Å². The van der Waals surface area contributed by atoms with Gasteiger partial charge < -0.3 is 47.9 Å². The number of ether oxygens (including phenoxy) is 7. The molecule has 3 atom stereocenters. The third kappa shape index (κ3) is 12.0. The number of rotatable bonds is 20. The molecule has 0 aliphatic carbocycles. The van der Waals surface area contributed by atoms with E-state index in [1.807, 2.05) is 96.8 Å². The lowest BCUT2D eigenvalue weighted by atomic mass is 9.97. The van der Waals surface area contributed by atoms with Gasteiger partial charge in [0.1, 0.15) is 59.2 Å². The topological polar surface area (TPSA) is 129 Å². The maximum Gasteiger partial charge on any atom is 0.418 e. The first kappa shape index (κ1) is 57.3. The molecule has 20 heteroatoms. The average molecular weight is 1150 g/mol. The molecule has 0 radical (unpaired) electrons. The number of morpholine rings is 1. The molecule has 3 aliphatic heterocycles. The fraction of sp³-hybridized carbons (Fsp3) is 0.344. The van der Waals surface area contributed by atoms with Crippen molar-refractivity contribution in [2.75, 3.05) is 82.7 Å². The first-order valence-electron chi connectivity index (χ1n) is 27.9. The summed E-state index contributed by atoms with van der Waals surface area (Å²) in [6, 6.07) is 34.3. The number of alkyl halides is 3. The van der Waals surface area contributed by atoms with Crippen LogP contribution in [0.25, 0.3) is 22.2 Å². The Hall–Kier alpha value is -8.49. The summed E-state index contributed by atoms with van der Waals surface area (Å²) in [6.07, 6.45) is -1.74. The monoisotopic (exact) mass is 1150 g/mol. The Balaban J connectivity index is 1.06. The van der Waals surface area contributed by atoms with Crippen LogP contribution in [0.1, 0.15) is 64.8 Å². The molecule has 2 fully saturated rings. The lowest BCUT2D eigenvalue weighted by Gasteiger charge is -2.34. The van der Waals surface area contributed by atoms with E-state index in [2.05, 4.69) is 19.8 Å². The molecular weight excluding hydrogens is 1090 g/mol. The lowest BCUT2D eigenvalue weighted by Crippen LogP contribution is -2.46. The minimum atomic E-state index is -5.13. The SMILES string of the molecule is COc1ccc(CN(Cc2ccc(OC)cc2)c2cc(C)c(C(F)(F)F)c(-c3c(F)c4c5c(nc(OC[C@@H]6CC[C@H]7COCCN76)nc5c3F)N([C@H](C)c3cccnc3N(Cc3ccc(OC)cc3)Cc3ccc(OC)cc3)CCO4)n2)cc1. The fourth-order valence-electron chi connectivity index (χ4n) is 11.6. The van der Waals surface area contributed by atoms with Gasteiger partial charge in [-0.2, -0.15) is 23.1 Å². The lowest BCUT2D eigenvalue weighted by molar-refractivity contribution is -0.137. The Morgan fingerprint density at radius 3 is 1.79 bits per heavy atom. The van der Waals surface area contributed by atoms with Crippen molar-refractivity contribution in [1.82, 2.24) is 24.8 Å². The van der Waals surface area contributed by atoms with E-state index in [0.29, 0.717) is 61.7 Å². The smallest absolute Gasteiger partial charge is 0.418 e.